The number of nitrogens with zero attached hydrogens (tertiary/aromatic N) is 2. The van der Waals surface area contributed by atoms with Crippen molar-refractivity contribution in [2.45, 2.75) is 62.8 Å². The number of hydrogen-bond acceptors (Lipinski definition) is 5. The molecule has 1 saturated carbocycles. The van der Waals surface area contributed by atoms with Crippen molar-refractivity contribution in [2.75, 3.05) is 25.0 Å². The number of alkyl halides is 3. The summed E-state index contributed by atoms with van der Waals surface area (Å²) in [7, 11) is 0. The SMILES string of the molecule is O=Nc1ccc(NC2CCC(OCC(=O)N3CCC(c4ccc(Cl)cc4)CC3)CC2)cc1C(F)(F)F. The summed E-state index contributed by atoms with van der Waals surface area (Å²) in [6.07, 6.45) is -0.0437. The van der Waals surface area contributed by atoms with E-state index in [4.69, 9.17) is 16.3 Å². The summed E-state index contributed by atoms with van der Waals surface area (Å²) >= 11 is 5.97. The van der Waals surface area contributed by atoms with Gasteiger partial charge in [-0.1, -0.05) is 23.7 Å². The van der Waals surface area contributed by atoms with Gasteiger partial charge in [0.05, 0.1) is 11.7 Å². The Kier molecular flexibility index (Phi) is 8.51. The molecule has 1 heterocycles. The number of carbonyl (C=O) groups excluding carboxylic acids is 1. The van der Waals surface area contributed by atoms with Gasteiger partial charge in [0.1, 0.15) is 12.3 Å². The van der Waals surface area contributed by atoms with Gasteiger partial charge in [0.2, 0.25) is 5.91 Å². The quantitative estimate of drug-likeness (QED) is 0.401. The summed E-state index contributed by atoms with van der Waals surface area (Å²) in [4.78, 5) is 25.2. The molecular weight excluding hydrogens is 495 g/mol. The van der Waals surface area contributed by atoms with Crippen molar-refractivity contribution in [2.24, 2.45) is 5.18 Å². The Morgan fingerprint density at radius 3 is 2.31 bits per heavy atom. The first-order valence-corrected chi connectivity index (χ1v) is 12.6. The largest absolute Gasteiger partial charge is 0.418 e. The predicted octanol–water partition coefficient (Wildman–Crippen LogP) is 6.90. The molecule has 2 aliphatic rings. The van der Waals surface area contributed by atoms with E-state index in [-0.39, 0.29) is 24.7 Å². The van der Waals surface area contributed by atoms with Crippen LogP contribution in [0.4, 0.5) is 24.5 Å². The third-order valence-electron chi connectivity index (χ3n) is 7.08. The normalized spacial score (nSPS) is 21.3. The van der Waals surface area contributed by atoms with Crippen molar-refractivity contribution in [1.82, 2.24) is 4.90 Å². The van der Waals surface area contributed by atoms with Crippen molar-refractivity contribution < 1.29 is 22.7 Å². The summed E-state index contributed by atoms with van der Waals surface area (Å²) in [6.45, 7) is 1.44. The fraction of sp³-hybridized carbons (Fsp3) is 0.500. The number of anilines is 1. The number of likely N-dealkylation sites (tertiary alicyclic amines) is 1. The molecule has 0 radical (unpaired) electrons. The topological polar surface area (TPSA) is 71.0 Å². The van der Waals surface area contributed by atoms with E-state index in [0.29, 0.717) is 50.4 Å². The van der Waals surface area contributed by atoms with Gasteiger partial charge in [0, 0.05) is 29.8 Å². The molecule has 10 heteroatoms. The number of halogens is 4. The number of hydrogen-bond donors (Lipinski definition) is 1. The average Bonchev–Trinajstić information content (AvgIpc) is 2.88. The van der Waals surface area contributed by atoms with E-state index in [2.05, 4.69) is 10.5 Å². The lowest BCUT2D eigenvalue weighted by molar-refractivity contribution is -0.140. The lowest BCUT2D eigenvalue weighted by atomic mass is 9.89. The van der Waals surface area contributed by atoms with Crippen molar-refractivity contribution in [1.29, 1.82) is 0 Å². The van der Waals surface area contributed by atoms with Gasteiger partial charge >= 0.3 is 6.18 Å². The summed E-state index contributed by atoms with van der Waals surface area (Å²) in [5.74, 6) is 0.418. The van der Waals surface area contributed by atoms with Crippen LogP contribution in [0, 0.1) is 4.91 Å². The van der Waals surface area contributed by atoms with Gasteiger partial charge in [0.25, 0.3) is 0 Å². The Hall–Kier alpha value is -2.65. The average molecular weight is 524 g/mol. The molecule has 0 unspecified atom stereocenters. The fourth-order valence-corrected chi connectivity index (χ4v) is 5.15. The lowest BCUT2D eigenvalue weighted by Gasteiger charge is -2.33. The highest BCUT2D eigenvalue weighted by Gasteiger charge is 2.35. The molecule has 1 aliphatic carbocycles. The zero-order valence-corrected chi connectivity index (χ0v) is 20.5. The molecule has 36 heavy (non-hydrogen) atoms. The number of carbonyl (C=O) groups is 1. The van der Waals surface area contributed by atoms with Crippen molar-refractivity contribution in [3.8, 4) is 0 Å². The fourth-order valence-electron chi connectivity index (χ4n) is 5.02. The standard InChI is InChI=1S/C26H29ClF3N3O3/c27-19-3-1-17(2-4-19)18-11-13-33(14-12-18)25(34)16-36-22-8-5-20(6-9-22)31-21-7-10-24(32-35)23(15-21)26(28,29)30/h1-4,7,10,15,18,20,22,31H,5-6,8-9,11-14,16H2. The first-order valence-electron chi connectivity index (χ1n) is 12.2. The van der Waals surface area contributed by atoms with Crippen molar-refractivity contribution in [3.63, 3.8) is 0 Å². The second-order valence-electron chi connectivity index (χ2n) is 9.46. The Morgan fingerprint density at radius 2 is 1.69 bits per heavy atom. The highest BCUT2D eigenvalue weighted by Crippen LogP contribution is 2.38. The Bertz CT molecular complexity index is 1050. The molecule has 1 amide bonds. The number of nitroso groups, excluding NO2 is 1. The molecule has 1 aliphatic heterocycles. The summed E-state index contributed by atoms with van der Waals surface area (Å²) in [6, 6.07) is 11.3. The first kappa shape index (κ1) is 26.4. The highest BCUT2D eigenvalue weighted by molar-refractivity contribution is 6.30. The number of piperidine rings is 1. The van der Waals surface area contributed by atoms with Gasteiger partial charge in [-0.05, 0) is 85.5 Å². The highest BCUT2D eigenvalue weighted by atomic mass is 35.5. The van der Waals surface area contributed by atoms with Crippen LogP contribution in [0.15, 0.2) is 47.6 Å². The molecule has 0 spiro atoms. The number of rotatable bonds is 7. The van der Waals surface area contributed by atoms with E-state index in [9.17, 15) is 22.9 Å². The van der Waals surface area contributed by atoms with Gasteiger partial charge in [-0.2, -0.15) is 13.2 Å². The Balaban J connectivity index is 1.19. The van der Waals surface area contributed by atoms with Crippen LogP contribution in [-0.4, -0.2) is 42.6 Å². The van der Waals surface area contributed by atoms with Crippen LogP contribution in [-0.2, 0) is 15.7 Å². The smallest absolute Gasteiger partial charge is 0.382 e. The first-order chi connectivity index (χ1) is 17.2. The molecule has 2 aromatic rings. The van der Waals surface area contributed by atoms with Crippen molar-refractivity contribution >= 4 is 28.9 Å². The van der Waals surface area contributed by atoms with E-state index in [1.807, 2.05) is 29.2 Å². The Morgan fingerprint density at radius 1 is 1.03 bits per heavy atom. The van der Waals surface area contributed by atoms with Gasteiger partial charge in [-0.15, -0.1) is 4.91 Å². The Labute approximate surface area is 213 Å². The summed E-state index contributed by atoms with van der Waals surface area (Å²) in [5.41, 5.74) is -0.116. The molecule has 1 saturated heterocycles. The summed E-state index contributed by atoms with van der Waals surface area (Å²) < 4.78 is 45.4. The van der Waals surface area contributed by atoms with E-state index in [0.717, 1.165) is 30.0 Å². The maximum atomic E-state index is 13.2. The van der Waals surface area contributed by atoms with Crippen LogP contribution in [0.5, 0.6) is 0 Å². The van der Waals surface area contributed by atoms with Crippen LogP contribution in [0.1, 0.15) is 55.6 Å². The van der Waals surface area contributed by atoms with Crippen molar-refractivity contribution in [3.05, 3.63) is 63.5 Å². The second-order valence-corrected chi connectivity index (χ2v) is 9.89. The molecule has 2 aromatic carbocycles. The zero-order chi connectivity index (χ0) is 25.7. The second kappa shape index (κ2) is 11.6. The molecule has 0 atom stereocenters. The molecule has 1 N–H and O–H groups in total. The van der Waals surface area contributed by atoms with E-state index >= 15 is 0 Å². The monoisotopic (exact) mass is 523 g/mol. The van der Waals surface area contributed by atoms with Gasteiger partial charge in [-0.25, -0.2) is 0 Å². The molecular formula is C26H29ClF3N3O3. The molecule has 0 aromatic heterocycles. The van der Waals surface area contributed by atoms with E-state index in [1.54, 1.807) is 0 Å². The number of nitrogens with one attached hydrogen (secondary N) is 1. The van der Waals surface area contributed by atoms with Gasteiger partial charge in [0.15, 0.2) is 0 Å². The van der Waals surface area contributed by atoms with E-state index < -0.39 is 17.4 Å². The number of benzene rings is 2. The number of amides is 1. The minimum absolute atomic E-state index is 0.00615. The third-order valence-corrected chi connectivity index (χ3v) is 7.33. The number of ether oxygens (including phenoxy) is 1. The minimum atomic E-state index is -4.65. The van der Waals surface area contributed by atoms with Crippen LogP contribution in [0.25, 0.3) is 0 Å². The van der Waals surface area contributed by atoms with Crippen LogP contribution in [0.2, 0.25) is 5.02 Å². The summed E-state index contributed by atoms with van der Waals surface area (Å²) in [5, 5.41) is 6.31. The van der Waals surface area contributed by atoms with E-state index in [1.165, 1.54) is 11.6 Å². The molecule has 6 nitrogen and oxygen atoms in total. The molecule has 194 valence electrons. The molecule has 0 bridgehead atoms. The van der Waals surface area contributed by atoms with Gasteiger partial charge < -0.3 is 15.0 Å². The lowest BCUT2D eigenvalue weighted by Crippen LogP contribution is -2.41. The third kappa shape index (κ3) is 6.76. The van der Waals surface area contributed by atoms with Crippen LogP contribution < -0.4 is 5.32 Å². The van der Waals surface area contributed by atoms with Gasteiger partial charge in [-0.3, -0.25) is 4.79 Å². The zero-order valence-electron chi connectivity index (χ0n) is 19.8. The minimum Gasteiger partial charge on any atom is -0.382 e. The molecule has 4 rings (SSSR count). The van der Waals surface area contributed by atoms with Crippen LogP contribution >= 0.6 is 11.6 Å². The maximum absolute atomic E-state index is 13.2. The maximum Gasteiger partial charge on any atom is 0.418 e. The predicted molar refractivity (Wildman–Crippen MR) is 133 cm³/mol. The van der Waals surface area contributed by atoms with Crippen LogP contribution in [0.3, 0.4) is 0 Å². The molecule has 2 fully saturated rings.